The van der Waals surface area contributed by atoms with E-state index in [2.05, 4.69) is 36.0 Å². The number of aryl methyl sites for hydroxylation is 1. The van der Waals surface area contributed by atoms with Crippen LogP contribution in [0.25, 0.3) is 0 Å². The van der Waals surface area contributed by atoms with E-state index in [1.807, 2.05) is 31.2 Å². The van der Waals surface area contributed by atoms with Gasteiger partial charge in [0.15, 0.2) is 11.6 Å². The quantitative estimate of drug-likeness (QED) is 0.134. The SMILES string of the molecule is Cc1cc(N2CCN(c3ccc(C(=O)Nc4ccc(OC(F)F)c(F)c4)cc3)CC2)ccc1OC[C@@H]1CO[C@@](Cn2cncn2)(c2ccc(F)cc2F)C1. The van der Waals surface area contributed by atoms with Gasteiger partial charge >= 0.3 is 6.61 Å². The van der Waals surface area contributed by atoms with Crippen LogP contribution in [0.5, 0.6) is 11.5 Å². The molecule has 7 rings (SSSR count). The number of carbonyl (C=O) groups is 1. The highest BCUT2D eigenvalue weighted by Crippen LogP contribution is 2.42. The third kappa shape index (κ3) is 8.25. The molecule has 282 valence electrons. The maximum Gasteiger partial charge on any atom is 0.387 e. The van der Waals surface area contributed by atoms with Gasteiger partial charge in [-0.05, 0) is 79.6 Å². The maximum atomic E-state index is 15.0. The van der Waals surface area contributed by atoms with Gasteiger partial charge in [-0.2, -0.15) is 13.9 Å². The number of nitrogens with one attached hydrogen (secondary N) is 1. The summed E-state index contributed by atoms with van der Waals surface area (Å²) < 4.78 is 85.8. The first-order valence-electron chi connectivity index (χ1n) is 17.4. The van der Waals surface area contributed by atoms with Crippen LogP contribution < -0.4 is 24.6 Å². The van der Waals surface area contributed by atoms with E-state index in [-0.39, 0.29) is 23.7 Å². The zero-order valence-electron chi connectivity index (χ0n) is 29.2. The van der Waals surface area contributed by atoms with Crippen molar-refractivity contribution in [2.24, 2.45) is 5.92 Å². The fourth-order valence-corrected chi connectivity index (χ4v) is 7.01. The predicted octanol–water partition coefficient (Wildman–Crippen LogP) is 7.20. The number of nitrogens with zero attached hydrogens (tertiary/aromatic N) is 5. The van der Waals surface area contributed by atoms with E-state index < -0.39 is 41.3 Å². The second-order valence-electron chi connectivity index (χ2n) is 13.4. The molecule has 1 N–H and O–H groups in total. The molecule has 0 unspecified atom stereocenters. The Bertz CT molecular complexity index is 2080. The Morgan fingerprint density at radius 2 is 1.63 bits per heavy atom. The van der Waals surface area contributed by atoms with Crippen molar-refractivity contribution in [3.63, 3.8) is 0 Å². The van der Waals surface area contributed by atoms with Crippen LogP contribution in [0.3, 0.4) is 0 Å². The molecule has 15 heteroatoms. The van der Waals surface area contributed by atoms with Crippen LogP contribution in [0, 0.1) is 30.3 Å². The molecule has 54 heavy (non-hydrogen) atoms. The molecule has 1 amide bonds. The molecule has 2 saturated heterocycles. The molecular formula is C39H37F5N6O4. The van der Waals surface area contributed by atoms with Gasteiger partial charge in [0.25, 0.3) is 5.91 Å². The number of hydrogen-bond donors (Lipinski definition) is 1. The van der Waals surface area contributed by atoms with Crippen molar-refractivity contribution in [2.75, 3.05) is 54.5 Å². The number of benzene rings is 4. The third-order valence-electron chi connectivity index (χ3n) is 9.70. The Kier molecular flexibility index (Phi) is 10.7. The summed E-state index contributed by atoms with van der Waals surface area (Å²) in [5.41, 5.74) is 2.69. The molecule has 0 radical (unpaired) electrons. The number of anilines is 3. The van der Waals surface area contributed by atoms with Crippen molar-refractivity contribution < 1.29 is 41.0 Å². The van der Waals surface area contributed by atoms with Crippen LogP contribution >= 0.6 is 0 Å². The van der Waals surface area contributed by atoms with Crippen LogP contribution in [0.4, 0.5) is 39.0 Å². The summed E-state index contributed by atoms with van der Waals surface area (Å²) in [7, 11) is 0. The number of piperazine rings is 1. The summed E-state index contributed by atoms with van der Waals surface area (Å²) in [5.74, 6) is -2.71. The van der Waals surface area contributed by atoms with Gasteiger partial charge in [0.05, 0.1) is 19.8 Å². The van der Waals surface area contributed by atoms with Crippen LogP contribution in [0.2, 0.25) is 0 Å². The molecule has 0 saturated carbocycles. The Morgan fingerprint density at radius 3 is 2.30 bits per heavy atom. The van der Waals surface area contributed by atoms with Crippen molar-refractivity contribution in [1.29, 1.82) is 0 Å². The average molecular weight is 749 g/mol. The summed E-state index contributed by atoms with van der Waals surface area (Å²) in [6.45, 7) is 2.79. The summed E-state index contributed by atoms with van der Waals surface area (Å²) in [6, 6.07) is 19.9. The average Bonchev–Trinajstić information content (AvgIpc) is 3.82. The molecule has 3 heterocycles. The molecule has 4 aromatic carbocycles. The van der Waals surface area contributed by atoms with Crippen LogP contribution in [0.15, 0.2) is 91.5 Å². The van der Waals surface area contributed by atoms with Gasteiger partial charge in [0.1, 0.15) is 35.6 Å². The summed E-state index contributed by atoms with van der Waals surface area (Å²) in [4.78, 5) is 21.3. The summed E-state index contributed by atoms with van der Waals surface area (Å²) in [6.07, 6.45) is 3.39. The maximum absolute atomic E-state index is 15.0. The number of aromatic nitrogens is 3. The smallest absolute Gasteiger partial charge is 0.387 e. The molecule has 1 aromatic heterocycles. The second-order valence-corrected chi connectivity index (χ2v) is 13.4. The fraction of sp³-hybridized carbons (Fsp3) is 0.308. The van der Waals surface area contributed by atoms with Crippen LogP contribution in [0.1, 0.15) is 27.9 Å². The van der Waals surface area contributed by atoms with Gasteiger partial charge < -0.3 is 29.3 Å². The number of amides is 1. The third-order valence-corrected chi connectivity index (χ3v) is 9.70. The van der Waals surface area contributed by atoms with E-state index >= 15 is 4.39 Å². The predicted molar refractivity (Wildman–Crippen MR) is 191 cm³/mol. The number of alkyl halides is 2. The minimum Gasteiger partial charge on any atom is -0.493 e. The molecule has 0 spiro atoms. The number of hydrogen-bond acceptors (Lipinski definition) is 8. The Morgan fingerprint density at radius 1 is 0.907 bits per heavy atom. The molecule has 2 aliphatic rings. The largest absolute Gasteiger partial charge is 0.493 e. The minimum atomic E-state index is -3.16. The number of rotatable bonds is 12. The Labute approximate surface area is 308 Å². The molecule has 2 atom stereocenters. The van der Waals surface area contributed by atoms with E-state index in [0.717, 1.165) is 67.1 Å². The topological polar surface area (TPSA) is 94.0 Å². The number of carbonyl (C=O) groups excluding carboxylic acids is 1. The first-order chi connectivity index (χ1) is 26.0. The highest BCUT2D eigenvalue weighted by atomic mass is 19.3. The van der Waals surface area contributed by atoms with Crippen molar-refractivity contribution in [3.8, 4) is 11.5 Å². The lowest BCUT2D eigenvalue weighted by Crippen LogP contribution is -2.46. The monoisotopic (exact) mass is 748 g/mol. The lowest BCUT2D eigenvalue weighted by atomic mass is 9.87. The van der Waals surface area contributed by atoms with Crippen LogP contribution in [-0.4, -0.2) is 66.7 Å². The van der Waals surface area contributed by atoms with E-state index in [1.165, 1.54) is 30.9 Å². The zero-order chi connectivity index (χ0) is 37.8. The first-order valence-corrected chi connectivity index (χ1v) is 17.4. The molecule has 0 aliphatic carbocycles. The highest BCUT2D eigenvalue weighted by Gasteiger charge is 2.44. The van der Waals surface area contributed by atoms with Crippen molar-refractivity contribution in [3.05, 3.63) is 126 Å². The van der Waals surface area contributed by atoms with Gasteiger partial charge in [-0.1, -0.05) is 6.07 Å². The van der Waals surface area contributed by atoms with Crippen LogP contribution in [-0.2, 0) is 16.9 Å². The minimum absolute atomic E-state index is 0.0482. The molecule has 10 nitrogen and oxygen atoms in total. The highest BCUT2D eigenvalue weighted by molar-refractivity contribution is 6.04. The molecule has 2 aliphatic heterocycles. The summed E-state index contributed by atoms with van der Waals surface area (Å²) in [5, 5.41) is 6.74. The van der Waals surface area contributed by atoms with E-state index in [1.54, 1.807) is 16.8 Å². The Hall–Kier alpha value is -5.70. The molecule has 0 bridgehead atoms. The van der Waals surface area contributed by atoms with Gasteiger partial charge in [0, 0.05) is 72.4 Å². The summed E-state index contributed by atoms with van der Waals surface area (Å²) >= 11 is 0. The van der Waals surface area contributed by atoms with Gasteiger partial charge in [-0.15, -0.1) is 0 Å². The fourth-order valence-electron chi connectivity index (χ4n) is 7.01. The lowest BCUT2D eigenvalue weighted by molar-refractivity contribution is -0.0521. The molecular weight excluding hydrogens is 711 g/mol. The zero-order valence-corrected chi connectivity index (χ0v) is 29.2. The number of halogens is 5. The first kappa shape index (κ1) is 36.6. The molecule has 5 aromatic rings. The van der Waals surface area contributed by atoms with Crippen molar-refractivity contribution >= 4 is 23.0 Å². The van der Waals surface area contributed by atoms with Gasteiger partial charge in [0.2, 0.25) is 0 Å². The van der Waals surface area contributed by atoms with E-state index in [9.17, 15) is 22.4 Å². The Balaban J connectivity index is 0.912. The second kappa shape index (κ2) is 15.7. The lowest BCUT2D eigenvalue weighted by Gasteiger charge is -2.37. The van der Waals surface area contributed by atoms with Gasteiger partial charge in [-0.3, -0.25) is 4.79 Å². The van der Waals surface area contributed by atoms with Crippen molar-refractivity contribution in [2.45, 2.75) is 32.1 Å². The van der Waals surface area contributed by atoms with Crippen molar-refractivity contribution in [1.82, 2.24) is 14.8 Å². The van der Waals surface area contributed by atoms with E-state index in [0.29, 0.717) is 25.2 Å². The molecule has 2 fully saturated rings. The normalized spacial score (nSPS) is 18.6. The van der Waals surface area contributed by atoms with E-state index in [4.69, 9.17) is 9.47 Å². The standard InChI is InChI=1S/C39H37F5N6O4/c1-25-16-31(8-11-35(25)52-20-26-19-39(53-21-26,22-50-24-45-23-46-50)32-9-4-28(40)17-33(32)41)49-14-12-48(13-15-49)30-6-2-27(3-7-30)37(51)47-29-5-10-36(34(42)18-29)54-38(43)44/h2-11,16-18,23-24,26,38H,12-15,19-22H2,1H3,(H,47,51)/t26-,39+/m1/s1. The number of ether oxygens (including phenoxy) is 3. The van der Waals surface area contributed by atoms with Gasteiger partial charge in [-0.25, -0.2) is 22.8 Å².